The number of fused-ring (bicyclic) bond motifs is 7. The number of nitrogen functional groups attached to an aromatic ring is 1. The van der Waals surface area contributed by atoms with Crippen LogP contribution in [0.5, 0.6) is 0 Å². The number of aliphatic hydroxyl groups excluding tert-OH is 7. The van der Waals surface area contributed by atoms with Crippen LogP contribution in [-0.2, 0) is 56.4 Å². The maximum absolute atomic E-state index is 14.8. The third kappa shape index (κ3) is 15.4. The molecule has 2 aromatic carbocycles. The van der Waals surface area contributed by atoms with E-state index in [0.717, 1.165) is 94.8 Å². The highest BCUT2D eigenvalue weighted by Gasteiger charge is 2.59. The Kier molecular flexibility index (Phi) is 23.8. The molecule has 3 unspecified atom stereocenters. The summed E-state index contributed by atoms with van der Waals surface area (Å²) < 4.78 is 23.5. The topological polar surface area (TPSA) is 387 Å². The number of nitrogens with zero attached hydrogens (tertiary/aromatic N) is 3. The summed E-state index contributed by atoms with van der Waals surface area (Å²) >= 11 is 0. The molecule has 2 saturated heterocycles. The molecule has 8 aliphatic rings. The van der Waals surface area contributed by atoms with Gasteiger partial charge in [-0.15, -0.1) is 0 Å². The van der Waals surface area contributed by atoms with E-state index in [1.54, 1.807) is 0 Å². The molecule has 10 rings (SSSR count). The van der Waals surface area contributed by atoms with E-state index >= 15 is 0 Å². The van der Waals surface area contributed by atoms with Gasteiger partial charge >= 0.3 is 0 Å². The van der Waals surface area contributed by atoms with Crippen LogP contribution in [0.15, 0.2) is 46.7 Å². The fourth-order valence-corrected chi connectivity index (χ4v) is 17.6. The van der Waals surface area contributed by atoms with Crippen molar-refractivity contribution < 1.29 is 73.9 Å². The lowest BCUT2D eigenvalue weighted by Crippen LogP contribution is -2.67. The van der Waals surface area contributed by atoms with Gasteiger partial charge in [-0.2, -0.15) is 5.11 Å². The van der Waals surface area contributed by atoms with E-state index in [1.807, 2.05) is 26.8 Å². The summed E-state index contributed by atoms with van der Waals surface area (Å²) in [6.45, 7) is 14.5. The van der Waals surface area contributed by atoms with Crippen LogP contribution in [0.3, 0.4) is 0 Å². The lowest BCUT2D eigenvalue weighted by atomic mass is 9.49. The van der Waals surface area contributed by atoms with Gasteiger partial charge in [0, 0.05) is 43.1 Å². The molecule has 23 atom stereocenters. The highest BCUT2D eigenvalue weighted by Crippen LogP contribution is 2.59. The second kappa shape index (κ2) is 31.0. The van der Waals surface area contributed by atoms with Crippen molar-refractivity contribution in [3.63, 3.8) is 0 Å². The number of carbonyl (C=O) groups excluding carboxylic acids is 4. The summed E-state index contributed by atoms with van der Waals surface area (Å²) in [6, 6.07) is 10.9. The van der Waals surface area contributed by atoms with Gasteiger partial charge in [0.05, 0.1) is 42.2 Å². The van der Waals surface area contributed by atoms with Crippen molar-refractivity contribution in [2.24, 2.45) is 50.6 Å². The Hall–Kier alpha value is -5.00. The van der Waals surface area contributed by atoms with E-state index in [9.17, 15) is 54.9 Å². The fourth-order valence-electron chi connectivity index (χ4n) is 17.6. The standard InChI is InChI=1S/C70H110N10O15/c1-37(2)55(75-33-43(72)14-11-12-29-73-53(83)36-92-49-16-10-8-9-15-48-56(49)78-79-80(48)64-60(87)59(86)62(51(35-82)93-64)95-65-61(88)58(85)57(84)50(34-81)94-65)63(89)76-39(4)32-74-44-22-18-41-20-24-52-68(5,47(41)31-44)26-13-27-70(52,7)67(91)77-66(90)69(6)28-25-38(3)54-45-30-42(71)21-17-40(45)19-23-46(54)69/h17-18,21-22,30-31,37-39,43,46,48-52,54-62,64-65,74-75,81-82,84-88H,8-16,19-20,23-29,32-36,71-72H2,1-7H3,(H,73,83)(H,76,89)(H,77,90,91)/t38-,39-,43+,46+,48?,49?,50+,51+,52+,54+,55-,56?,57+,58-,59+,60+,61+,62+,64-,65+,68+,69-,70-/m0/s1. The van der Waals surface area contributed by atoms with Crippen LogP contribution in [0, 0.1) is 34.5 Å². The number of nitrogens with one attached hydrogen (secondary N) is 5. The second-order valence-corrected chi connectivity index (χ2v) is 30.2. The van der Waals surface area contributed by atoms with Gasteiger partial charge in [0.1, 0.15) is 61.5 Å². The Morgan fingerprint density at radius 1 is 0.779 bits per heavy atom. The van der Waals surface area contributed by atoms with Gasteiger partial charge in [-0.3, -0.25) is 24.5 Å². The number of benzene rings is 2. The van der Waals surface area contributed by atoms with Crippen molar-refractivity contribution in [2.75, 3.05) is 50.5 Å². The third-order valence-corrected chi connectivity index (χ3v) is 23.3. The second-order valence-electron chi connectivity index (χ2n) is 30.2. The first-order valence-electron chi connectivity index (χ1n) is 35.4. The van der Waals surface area contributed by atoms with Gasteiger partial charge in [-0.05, 0) is 165 Å². The summed E-state index contributed by atoms with van der Waals surface area (Å²) in [5.41, 5.74) is 18.1. The molecule has 3 heterocycles. The molecule has 0 radical (unpaired) electrons. The van der Waals surface area contributed by atoms with Crippen molar-refractivity contribution in [3.8, 4) is 0 Å². The lowest BCUT2D eigenvalue weighted by Gasteiger charge is -2.55. The molecule has 95 heavy (non-hydrogen) atoms. The predicted molar refractivity (Wildman–Crippen MR) is 354 cm³/mol. The molecule has 3 aliphatic heterocycles. The van der Waals surface area contributed by atoms with Crippen molar-refractivity contribution in [1.29, 1.82) is 0 Å². The number of amides is 4. The molecule has 5 aliphatic carbocycles. The summed E-state index contributed by atoms with van der Waals surface area (Å²) in [7, 11) is 0. The van der Waals surface area contributed by atoms with Crippen LogP contribution in [-0.4, -0.2) is 202 Å². The predicted octanol–water partition coefficient (Wildman–Crippen LogP) is 3.24. The normalized spacial score (nSPS) is 37.0. The van der Waals surface area contributed by atoms with Crippen LogP contribution in [0.25, 0.3) is 0 Å². The Morgan fingerprint density at radius 3 is 2.27 bits per heavy atom. The first-order chi connectivity index (χ1) is 45.3. The first-order valence-corrected chi connectivity index (χ1v) is 35.4. The van der Waals surface area contributed by atoms with Crippen molar-refractivity contribution in [3.05, 3.63) is 58.7 Å². The molecule has 25 nitrogen and oxygen atoms in total. The summed E-state index contributed by atoms with van der Waals surface area (Å²) in [4.78, 5) is 56.4. The molecule has 0 spiro atoms. The maximum atomic E-state index is 14.8. The first kappa shape index (κ1) is 72.7. The fraction of sp³-hybridized carbons (Fsp3) is 0.771. The molecule has 3 saturated carbocycles. The number of hydrogen-bond donors (Lipinski definition) is 14. The third-order valence-electron chi connectivity index (χ3n) is 23.3. The molecule has 2 aromatic rings. The van der Waals surface area contributed by atoms with E-state index in [1.165, 1.54) is 27.3 Å². The van der Waals surface area contributed by atoms with E-state index < -0.39 is 110 Å². The van der Waals surface area contributed by atoms with Gasteiger partial charge in [0.25, 0.3) is 0 Å². The number of nitrogens with two attached hydrogens (primary N) is 2. The van der Waals surface area contributed by atoms with Crippen molar-refractivity contribution in [1.82, 2.24) is 26.3 Å². The molecule has 530 valence electrons. The Balaban J connectivity index is 0.637. The quantitative estimate of drug-likeness (QED) is 0.0407. The molecule has 16 N–H and O–H groups in total. The molecule has 25 heteroatoms. The molecule has 0 bridgehead atoms. The van der Waals surface area contributed by atoms with Gasteiger partial charge in [-0.25, -0.2) is 5.01 Å². The minimum atomic E-state index is -1.79. The highest BCUT2D eigenvalue weighted by molar-refractivity contribution is 6.01. The van der Waals surface area contributed by atoms with Crippen LogP contribution >= 0.6 is 0 Å². The zero-order valence-electron chi connectivity index (χ0n) is 56.7. The van der Waals surface area contributed by atoms with Crippen LogP contribution in [0.1, 0.15) is 173 Å². The monoisotopic (exact) mass is 1330 g/mol. The van der Waals surface area contributed by atoms with Crippen molar-refractivity contribution >= 4 is 35.0 Å². The summed E-state index contributed by atoms with van der Waals surface area (Å²) in [5.74, 6) is 0.121. The van der Waals surface area contributed by atoms with E-state index in [2.05, 4.69) is 94.9 Å². The average Bonchev–Trinajstić information content (AvgIpc) is 1.11. The lowest BCUT2D eigenvalue weighted by molar-refractivity contribution is -0.350. The average molecular weight is 1330 g/mol. The Bertz CT molecular complexity index is 3000. The molecule has 4 amide bonds. The Morgan fingerprint density at radius 2 is 1.52 bits per heavy atom. The minimum Gasteiger partial charge on any atom is -0.399 e. The number of aliphatic hydroxyl groups is 7. The Labute approximate surface area is 559 Å². The number of ether oxygens (including phenoxy) is 4. The van der Waals surface area contributed by atoms with E-state index in [4.69, 9.17) is 30.4 Å². The highest BCUT2D eigenvalue weighted by atomic mass is 16.7. The van der Waals surface area contributed by atoms with Crippen LogP contribution < -0.4 is 38.1 Å². The number of hydrogen-bond acceptors (Lipinski definition) is 22. The van der Waals surface area contributed by atoms with E-state index in [0.29, 0.717) is 51.2 Å². The smallest absolute Gasteiger partial charge is 0.246 e. The minimum absolute atomic E-state index is 0.0132. The molecule has 0 aromatic heterocycles. The van der Waals surface area contributed by atoms with Crippen LogP contribution in [0.4, 0.5) is 11.4 Å². The number of imide groups is 1. The zero-order chi connectivity index (χ0) is 68.3. The van der Waals surface area contributed by atoms with E-state index in [-0.39, 0.29) is 71.4 Å². The van der Waals surface area contributed by atoms with Gasteiger partial charge < -0.3 is 87.4 Å². The molecule has 5 fully saturated rings. The zero-order valence-corrected chi connectivity index (χ0v) is 56.7. The number of unbranched alkanes of at least 4 members (excludes halogenated alkanes) is 1. The van der Waals surface area contributed by atoms with Gasteiger partial charge in [0.15, 0.2) is 12.5 Å². The largest absolute Gasteiger partial charge is 0.399 e. The summed E-state index contributed by atoms with van der Waals surface area (Å²) in [5, 5.41) is 100. The maximum Gasteiger partial charge on any atom is 0.246 e. The number of carbonyl (C=O) groups is 4. The molecular formula is C70H110N10O15. The summed E-state index contributed by atoms with van der Waals surface area (Å²) in [6.07, 6.45) is -2.58. The van der Waals surface area contributed by atoms with Crippen molar-refractivity contribution in [2.45, 2.75) is 267 Å². The molecular weight excluding hydrogens is 1220 g/mol. The SMILES string of the molecule is CC(C)[C@H](NC[C@H](N)CCCCNC(=O)COC1CCCCCC2C1N=NN2[C@H]1O[C@H](CO)[C@@H](O[C@H]2O[C@H](CO)[C@@H](O)[C@H](O)[C@H]2O)[C@H](O)[C@H]1O)C(=O)N[C@@H](C)CNc1ccc2c(c1)[C@@]1(C)CCC[C@](C)(C(=O)NC(=O)[C@@]3(C)CC[C@H](C)[C@@H]4c5cc(N)ccc5CC[C@H]43)[C@@H]1CC2. The van der Waals surface area contributed by atoms with Gasteiger partial charge in [-0.1, -0.05) is 91.0 Å². The number of rotatable bonds is 24. The number of aryl methyl sites for hydroxylation is 2. The number of anilines is 2. The van der Waals surface area contributed by atoms with Crippen LogP contribution in [0.2, 0.25) is 0 Å². The van der Waals surface area contributed by atoms with Gasteiger partial charge in [0.2, 0.25) is 23.6 Å².